The zero-order valence-corrected chi connectivity index (χ0v) is 16.7. The van der Waals surface area contributed by atoms with Gasteiger partial charge in [-0.3, -0.25) is 5.43 Å². The van der Waals surface area contributed by atoms with Crippen LogP contribution in [0, 0.1) is 0 Å². The SMILES string of the molecule is S=C(N/N=C/c1cccc(OCc2ccccc2Cl)c1)NC1CCCCC1. The van der Waals surface area contributed by atoms with Crippen molar-refractivity contribution in [2.45, 2.75) is 44.8 Å². The van der Waals surface area contributed by atoms with E-state index in [4.69, 9.17) is 28.6 Å². The van der Waals surface area contributed by atoms with Crippen molar-refractivity contribution in [1.29, 1.82) is 0 Å². The zero-order chi connectivity index (χ0) is 18.9. The summed E-state index contributed by atoms with van der Waals surface area (Å²) in [5.74, 6) is 0.766. The second-order valence-electron chi connectivity index (χ2n) is 6.63. The first-order valence-electron chi connectivity index (χ1n) is 9.26. The maximum absolute atomic E-state index is 6.16. The van der Waals surface area contributed by atoms with E-state index in [2.05, 4.69) is 15.8 Å². The van der Waals surface area contributed by atoms with Gasteiger partial charge in [-0.15, -0.1) is 0 Å². The van der Waals surface area contributed by atoms with Crippen LogP contribution in [0.1, 0.15) is 43.2 Å². The normalized spacial score (nSPS) is 14.9. The van der Waals surface area contributed by atoms with Gasteiger partial charge in [-0.2, -0.15) is 5.10 Å². The van der Waals surface area contributed by atoms with Crippen LogP contribution in [-0.4, -0.2) is 17.4 Å². The van der Waals surface area contributed by atoms with E-state index in [0.29, 0.717) is 22.8 Å². The summed E-state index contributed by atoms with van der Waals surface area (Å²) in [5.41, 5.74) is 4.78. The minimum Gasteiger partial charge on any atom is -0.489 e. The molecule has 0 bridgehead atoms. The highest BCUT2D eigenvalue weighted by atomic mass is 35.5. The third kappa shape index (κ3) is 6.52. The predicted octanol–water partition coefficient (Wildman–Crippen LogP) is 5.05. The van der Waals surface area contributed by atoms with Gasteiger partial charge in [0.05, 0.1) is 6.21 Å². The van der Waals surface area contributed by atoms with Crippen molar-refractivity contribution in [2.24, 2.45) is 5.10 Å². The molecule has 1 saturated carbocycles. The molecule has 0 aliphatic heterocycles. The van der Waals surface area contributed by atoms with Crippen LogP contribution in [0.2, 0.25) is 5.02 Å². The summed E-state index contributed by atoms with van der Waals surface area (Å²) in [6, 6.07) is 15.9. The van der Waals surface area contributed by atoms with Gasteiger partial charge in [0.15, 0.2) is 5.11 Å². The van der Waals surface area contributed by atoms with Gasteiger partial charge in [0, 0.05) is 16.6 Å². The molecule has 4 nitrogen and oxygen atoms in total. The van der Waals surface area contributed by atoms with Crippen molar-refractivity contribution < 1.29 is 4.74 Å². The first-order chi connectivity index (χ1) is 13.2. The molecular formula is C21H24ClN3OS. The Labute approximate surface area is 171 Å². The van der Waals surface area contributed by atoms with Crippen LogP contribution in [0.5, 0.6) is 5.75 Å². The van der Waals surface area contributed by atoms with Crippen LogP contribution in [0.15, 0.2) is 53.6 Å². The molecule has 2 aromatic rings. The summed E-state index contributed by atoms with van der Waals surface area (Å²) in [5, 5.41) is 8.84. The summed E-state index contributed by atoms with van der Waals surface area (Å²) in [6.45, 7) is 0.425. The Morgan fingerprint density at radius 3 is 2.78 bits per heavy atom. The molecule has 0 aromatic heterocycles. The molecule has 0 unspecified atom stereocenters. The number of halogens is 1. The van der Waals surface area contributed by atoms with Crippen LogP contribution in [0.4, 0.5) is 0 Å². The number of hydrogen-bond acceptors (Lipinski definition) is 3. The molecule has 2 aromatic carbocycles. The fourth-order valence-corrected chi connectivity index (χ4v) is 3.50. The molecule has 0 radical (unpaired) electrons. The highest BCUT2D eigenvalue weighted by Crippen LogP contribution is 2.19. The van der Waals surface area contributed by atoms with E-state index in [9.17, 15) is 0 Å². The van der Waals surface area contributed by atoms with Crippen molar-refractivity contribution in [3.05, 3.63) is 64.7 Å². The van der Waals surface area contributed by atoms with Crippen molar-refractivity contribution in [3.63, 3.8) is 0 Å². The molecule has 0 amide bonds. The van der Waals surface area contributed by atoms with Gasteiger partial charge in [-0.1, -0.05) is 61.2 Å². The number of benzene rings is 2. The first kappa shape index (κ1) is 19.6. The molecule has 3 rings (SSSR count). The van der Waals surface area contributed by atoms with E-state index in [1.165, 1.54) is 32.1 Å². The van der Waals surface area contributed by atoms with Gasteiger partial charge in [0.25, 0.3) is 0 Å². The first-order valence-corrected chi connectivity index (χ1v) is 10.1. The third-order valence-corrected chi connectivity index (χ3v) is 5.11. The van der Waals surface area contributed by atoms with Crippen molar-refractivity contribution in [3.8, 4) is 5.75 Å². The zero-order valence-electron chi connectivity index (χ0n) is 15.2. The van der Waals surface area contributed by atoms with E-state index < -0.39 is 0 Å². The lowest BCUT2D eigenvalue weighted by Crippen LogP contribution is -2.40. The van der Waals surface area contributed by atoms with Gasteiger partial charge in [-0.05, 0) is 48.8 Å². The van der Waals surface area contributed by atoms with Crippen molar-refractivity contribution in [1.82, 2.24) is 10.7 Å². The lowest BCUT2D eigenvalue weighted by Gasteiger charge is -2.23. The predicted molar refractivity (Wildman–Crippen MR) is 116 cm³/mol. The molecule has 0 heterocycles. The Morgan fingerprint density at radius 2 is 1.96 bits per heavy atom. The lowest BCUT2D eigenvalue weighted by atomic mass is 9.96. The van der Waals surface area contributed by atoms with E-state index in [1.807, 2.05) is 48.5 Å². The summed E-state index contributed by atoms with van der Waals surface area (Å²) < 4.78 is 5.84. The summed E-state index contributed by atoms with van der Waals surface area (Å²) in [4.78, 5) is 0. The number of thiocarbonyl (C=S) groups is 1. The molecule has 0 atom stereocenters. The topological polar surface area (TPSA) is 45.7 Å². The van der Waals surface area contributed by atoms with E-state index >= 15 is 0 Å². The maximum Gasteiger partial charge on any atom is 0.187 e. The highest BCUT2D eigenvalue weighted by molar-refractivity contribution is 7.80. The molecule has 27 heavy (non-hydrogen) atoms. The summed E-state index contributed by atoms with van der Waals surface area (Å²) >= 11 is 11.5. The third-order valence-electron chi connectivity index (χ3n) is 4.53. The molecule has 0 saturated heterocycles. The molecule has 6 heteroatoms. The fraction of sp³-hybridized carbons (Fsp3) is 0.333. The number of nitrogens with zero attached hydrogens (tertiary/aromatic N) is 1. The molecule has 1 fully saturated rings. The Hall–Kier alpha value is -2.11. The second-order valence-corrected chi connectivity index (χ2v) is 7.45. The van der Waals surface area contributed by atoms with E-state index in [-0.39, 0.29) is 0 Å². The molecule has 142 valence electrons. The van der Waals surface area contributed by atoms with Gasteiger partial charge >= 0.3 is 0 Å². The van der Waals surface area contributed by atoms with Crippen molar-refractivity contribution in [2.75, 3.05) is 0 Å². The Kier molecular flexibility index (Phi) is 7.48. The maximum atomic E-state index is 6.16. The molecule has 1 aliphatic carbocycles. The fourth-order valence-electron chi connectivity index (χ4n) is 3.09. The molecule has 0 spiro atoms. The molecular weight excluding hydrogens is 378 g/mol. The molecule has 2 N–H and O–H groups in total. The average Bonchev–Trinajstić information content (AvgIpc) is 2.68. The Morgan fingerprint density at radius 1 is 1.15 bits per heavy atom. The highest BCUT2D eigenvalue weighted by Gasteiger charge is 2.13. The van der Waals surface area contributed by atoms with E-state index in [0.717, 1.165) is 16.9 Å². The minimum atomic E-state index is 0.425. The van der Waals surface area contributed by atoms with Gasteiger partial charge < -0.3 is 10.1 Å². The number of rotatable bonds is 6. The minimum absolute atomic E-state index is 0.425. The van der Waals surface area contributed by atoms with Crippen molar-refractivity contribution >= 4 is 35.1 Å². The van der Waals surface area contributed by atoms with Gasteiger partial charge in [0.2, 0.25) is 0 Å². The lowest BCUT2D eigenvalue weighted by molar-refractivity contribution is 0.306. The quantitative estimate of drug-likeness (QED) is 0.404. The van der Waals surface area contributed by atoms with Crippen LogP contribution in [0.3, 0.4) is 0 Å². The molecule has 1 aliphatic rings. The van der Waals surface area contributed by atoms with Crippen LogP contribution in [0.25, 0.3) is 0 Å². The summed E-state index contributed by atoms with van der Waals surface area (Å²) in [7, 11) is 0. The van der Waals surface area contributed by atoms with Gasteiger partial charge in [-0.25, -0.2) is 0 Å². The smallest absolute Gasteiger partial charge is 0.187 e. The average molecular weight is 402 g/mol. The van der Waals surface area contributed by atoms with Gasteiger partial charge in [0.1, 0.15) is 12.4 Å². The number of nitrogens with one attached hydrogen (secondary N) is 2. The number of ether oxygens (including phenoxy) is 1. The largest absolute Gasteiger partial charge is 0.489 e. The standard InChI is InChI=1S/C21H24ClN3OS/c22-20-12-5-4-8-17(20)15-26-19-11-6-7-16(13-19)14-23-25-21(27)24-18-9-2-1-3-10-18/h4-8,11-14,18H,1-3,9-10,15H2,(H2,24,25,27)/b23-14+. The van der Waals surface area contributed by atoms with Crippen LogP contribution in [-0.2, 0) is 6.61 Å². The van der Waals surface area contributed by atoms with Crippen LogP contribution < -0.4 is 15.5 Å². The van der Waals surface area contributed by atoms with Crippen LogP contribution >= 0.6 is 23.8 Å². The van der Waals surface area contributed by atoms with E-state index in [1.54, 1.807) is 6.21 Å². The number of hydrazone groups is 1. The Balaban J connectivity index is 1.48. The second kappa shape index (κ2) is 10.3. The Bertz CT molecular complexity index is 791. The number of hydrogen-bond donors (Lipinski definition) is 2. The summed E-state index contributed by atoms with van der Waals surface area (Å²) in [6.07, 6.45) is 7.95. The monoisotopic (exact) mass is 401 g/mol.